The van der Waals surface area contributed by atoms with E-state index in [-0.39, 0.29) is 5.75 Å². The second-order valence-electron chi connectivity index (χ2n) is 4.05. The molecule has 0 spiro atoms. The summed E-state index contributed by atoms with van der Waals surface area (Å²) in [6, 6.07) is 14.5. The van der Waals surface area contributed by atoms with Crippen molar-refractivity contribution < 1.29 is 17.7 Å². The Morgan fingerprint density at radius 3 is 1.79 bits per heavy atom. The summed E-state index contributed by atoms with van der Waals surface area (Å²) in [5.74, 6) is 0.230. The van der Waals surface area contributed by atoms with Crippen LogP contribution in [0.15, 0.2) is 48.5 Å². The van der Waals surface area contributed by atoms with E-state index in [1.807, 2.05) is 24.3 Å². The van der Waals surface area contributed by atoms with Gasteiger partial charge in [-0.3, -0.25) is 0 Å². The lowest BCUT2D eigenvalue weighted by atomic mass is 9.95. The van der Waals surface area contributed by atoms with Gasteiger partial charge >= 0.3 is 6.98 Å². The van der Waals surface area contributed by atoms with Gasteiger partial charge in [0.1, 0.15) is 5.75 Å². The number of hydrogen-bond acceptors (Lipinski definition) is 1. The molecule has 2 aromatic carbocycles. The van der Waals surface area contributed by atoms with E-state index < -0.39 is 13.5 Å². The summed E-state index contributed by atoms with van der Waals surface area (Å²) in [6.07, 6.45) is 0. The van der Waals surface area contributed by atoms with Crippen molar-refractivity contribution in [3.8, 4) is 16.9 Å². The second-order valence-corrected chi connectivity index (χ2v) is 5.30. The summed E-state index contributed by atoms with van der Waals surface area (Å²) in [5, 5.41) is 0. The van der Waals surface area contributed by atoms with Crippen LogP contribution in [0.5, 0.6) is 5.75 Å². The Kier molecular flexibility index (Phi) is 4.39. The van der Waals surface area contributed by atoms with Crippen molar-refractivity contribution >= 4 is 29.6 Å². The maximum atomic E-state index is 12.1. The van der Waals surface area contributed by atoms with Gasteiger partial charge in [-0.2, -0.15) is 0 Å². The lowest BCUT2D eigenvalue weighted by Gasteiger charge is -2.15. The molecule has 6 heteroatoms. The van der Waals surface area contributed by atoms with Gasteiger partial charge in [0.15, 0.2) is 0 Å². The predicted molar refractivity (Wildman–Crippen MR) is 79.2 cm³/mol. The molecule has 0 amide bonds. The first-order valence-electron chi connectivity index (χ1n) is 5.64. The van der Waals surface area contributed by atoms with E-state index in [0.717, 1.165) is 14.7 Å². The molecule has 0 aliphatic carbocycles. The van der Waals surface area contributed by atoms with Crippen LogP contribution in [0, 0.1) is 3.57 Å². The van der Waals surface area contributed by atoms with Gasteiger partial charge in [-0.25, -0.2) is 0 Å². The lowest BCUT2D eigenvalue weighted by Crippen LogP contribution is -2.26. The molecule has 0 aliphatic heterocycles. The van der Waals surface area contributed by atoms with Gasteiger partial charge < -0.3 is 17.7 Å². The van der Waals surface area contributed by atoms with Crippen LogP contribution in [0.25, 0.3) is 11.1 Å². The number of rotatable bonds is 4. The molecule has 2 rings (SSSR count). The lowest BCUT2D eigenvalue weighted by molar-refractivity contribution is 0.313. The van der Waals surface area contributed by atoms with Crippen molar-refractivity contribution in [1.29, 1.82) is 0 Å². The number of hydrogen-bond donors (Lipinski definition) is 0. The fourth-order valence-electron chi connectivity index (χ4n) is 1.58. The van der Waals surface area contributed by atoms with E-state index in [4.69, 9.17) is 0 Å². The van der Waals surface area contributed by atoms with Crippen molar-refractivity contribution in [1.82, 2.24) is 0 Å². The Labute approximate surface area is 123 Å². The van der Waals surface area contributed by atoms with Crippen LogP contribution in [0.3, 0.4) is 0 Å². The SMILES string of the molecule is F[B-](F)(F)COc1ccc(-c2ccc(I)cc2)cc1. The predicted octanol–water partition coefficient (Wildman–Crippen LogP) is 4.72. The van der Waals surface area contributed by atoms with Gasteiger partial charge in [0.05, 0.1) is 6.51 Å². The van der Waals surface area contributed by atoms with Crippen molar-refractivity contribution in [2.75, 3.05) is 6.51 Å². The summed E-state index contributed by atoms with van der Waals surface area (Å²) in [6.45, 7) is -6.12. The van der Waals surface area contributed by atoms with Gasteiger partial charge in [-0.15, -0.1) is 0 Å². The molecule has 100 valence electrons. The fourth-order valence-corrected chi connectivity index (χ4v) is 1.94. The quantitative estimate of drug-likeness (QED) is 0.554. The van der Waals surface area contributed by atoms with Gasteiger partial charge in [0.25, 0.3) is 0 Å². The summed E-state index contributed by atoms with van der Waals surface area (Å²) >= 11 is 2.21. The Hall–Kier alpha value is -1.18. The average Bonchev–Trinajstić information content (AvgIpc) is 2.37. The molecule has 2 aromatic rings. The minimum Gasteiger partial charge on any atom is -0.522 e. The Morgan fingerprint density at radius 2 is 1.32 bits per heavy atom. The molecule has 0 aliphatic rings. The highest BCUT2D eigenvalue weighted by molar-refractivity contribution is 14.1. The Morgan fingerprint density at radius 1 is 0.842 bits per heavy atom. The first-order chi connectivity index (χ1) is 8.94. The standard InChI is InChI=1S/C13H10BF3IO/c15-14(16,17)9-19-13-7-3-11(4-8-13)10-1-5-12(18)6-2-10/h1-8H,9H2/q-1. The molecule has 0 N–H and O–H groups in total. The molecule has 0 unspecified atom stereocenters. The zero-order valence-corrected chi connectivity index (χ0v) is 12.0. The number of ether oxygens (including phenoxy) is 1. The average molecular weight is 377 g/mol. The largest absolute Gasteiger partial charge is 0.522 e. The third kappa shape index (κ3) is 4.45. The fraction of sp³-hybridized carbons (Fsp3) is 0.0769. The molecule has 0 saturated carbocycles. The molecule has 1 nitrogen and oxygen atoms in total. The highest BCUT2D eigenvalue weighted by Crippen LogP contribution is 2.23. The molecule has 0 aromatic heterocycles. The molecule has 0 saturated heterocycles. The molecule has 0 atom stereocenters. The molecule has 19 heavy (non-hydrogen) atoms. The molecule has 0 bridgehead atoms. The zero-order chi connectivity index (χ0) is 13.9. The van der Waals surface area contributed by atoms with E-state index in [0.29, 0.717) is 0 Å². The van der Waals surface area contributed by atoms with Crippen LogP contribution in [0.2, 0.25) is 0 Å². The van der Waals surface area contributed by atoms with E-state index in [1.54, 1.807) is 24.3 Å². The topological polar surface area (TPSA) is 9.23 Å². The normalized spacial score (nSPS) is 11.4. The highest BCUT2D eigenvalue weighted by atomic mass is 127. The highest BCUT2D eigenvalue weighted by Gasteiger charge is 2.24. The van der Waals surface area contributed by atoms with E-state index >= 15 is 0 Å². The smallest absolute Gasteiger partial charge is 0.515 e. The number of halogens is 4. The molecular formula is C13H10BF3IO-. The van der Waals surface area contributed by atoms with Crippen molar-refractivity contribution in [2.45, 2.75) is 0 Å². The van der Waals surface area contributed by atoms with Crippen LogP contribution in [0.1, 0.15) is 0 Å². The Bertz CT molecular complexity index is 537. The maximum Gasteiger partial charge on any atom is 0.515 e. The first-order valence-corrected chi connectivity index (χ1v) is 6.72. The van der Waals surface area contributed by atoms with Crippen LogP contribution < -0.4 is 4.74 Å². The van der Waals surface area contributed by atoms with Crippen LogP contribution >= 0.6 is 22.6 Å². The van der Waals surface area contributed by atoms with Gasteiger partial charge in [-0.05, 0) is 58.0 Å². The summed E-state index contributed by atoms with van der Waals surface area (Å²) < 4.78 is 42.0. The van der Waals surface area contributed by atoms with Crippen molar-refractivity contribution in [3.05, 3.63) is 52.1 Å². The summed E-state index contributed by atoms with van der Waals surface area (Å²) in [7, 11) is 0. The molecular weight excluding hydrogens is 367 g/mol. The van der Waals surface area contributed by atoms with E-state index in [2.05, 4.69) is 27.3 Å². The zero-order valence-electron chi connectivity index (χ0n) is 9.82. The first kappa shape index (κ1) is 14.2. The van der Waals surface area contributed by atoms with Gasteiger partial charge in [-0.1, -0.05) is 24.3 Å². The minimum absolute atomic E-state index is 0.230. The van der Waals surface area contributed by atoms with Crippen LogP contribution in [-0.4, -0.2) is 13.5 Å². The second kappa shape index (κ2) is 5.86. The minimum atomic E-state index is -4.91. The third-order valence-corrected chi connectivity index (χ3v) is 3.19. The van der Waals surface area contributed by atoms with Crippen molar-refractivity contribution in [2.24, 2.45) is 0 Å². The van der Waals surface area contributed by atoms with Crippen molar-refractivity contribution in [3.63, 3.8) is 0 Å². The van der Waals surface area contributed by atoms with Gasteiger partial charge in [0, 0.05) is 3.57 Å². The van der Waals surface area contributed by atoms with Crippen LogP contribution in [0.4, 0.5) is 12.9 Å². The van der Waals surface area contributed by atoms with E-state index in [1.165, 1.54) is 0 Å². The molecule has 0 radical (unpaired) electrons. The summed E-state index contributed by atoms with van der Waals surface area (Å²) in [4.78, 5) is 0. The number of benzene rings is 2. The third-order valence-electron chi connectivity index (χ3n) is 2.47. The maximum absolute atomic E-state index is 12.1. The molecule has 0 fully saturated rings. The van der Waals surface area contributed by atoms with Crippen LogP contribution in [-0.2, 0) is 0 Å². The molecule has 0 heterocycles. The van der Waals surface area contributed by atoms with E-state index in [9.17, 15) is 12.9 Å². The van der Waals surface area contributed by atoms with Gasteiger partial charge in [0.2, 0.25) is 0 Å². The monoisotopic (exact) mass is 377 g/mol. The summed E-state index contributed by atoms with van der Waals surface area (Å²) in [5.41, 5.74) is 1.97. The Balaban J connectivity index is 2.08.